The number of hydrogen-bond acceptors (Lipinski definition) is 5. The number of carbonyl (C=O) groups excluding carboxylic acids is 1. The summed E-state index contributed by atoms with van der Waals surface area (Å²) in [4.78, 5) is 12.2. The summed E-state index contributed by atoms with van der Waals surface area (Å²) < 4.78 is 17.6. The average molecular weight is 304 g/mol. The number of carbonyl (C=O) groups is 1. The van der Waals surface area contributed by atoms with Crippen LogP contribution < -0.4 is 0 Å². The fourth-order valence-corrected chi connectivity index (χ4v) is 3.39. The summed E-state index contributed by atoms with van der Waals surface area (Å²) in [5.41, 5.74) is 0. The molecule has 0 radical (unpaired) electrons. The van der Waals surface area contributed by atoms with E-state index in [-0.39, 0.29) is 23.1 Å². The molecule has 1 saturated heterocycles. The van der Waals surface area contributed by atoms with Crippen LogP contribution in [-0.2, 0) is 19.0 Å². The van der Waals surface area contributed by atoms with Crippen LogP contribution in [0.15, 0.2) is 0 Å². The zero-order chi connectivity index (χ0) is 15.2. The molecule has 1 aliphatic heterocycles. The van der Waals surface area contributed by atoms with E-state index in [4.69, 9.17) is 14.2 Å². The smallest absolute Gasteiger partial charge is 0.283 e. The van der Waals surface area contributed by atoms with Gasteiger partial charge in [-0.2, -0.15) is 0 Å². The van der Waals surface area contributed by atoms with Gasteiger partial charge >= 0.3 is 0 Å². The van der Waals surface area contributed by atoms with Crippen molar-refractivity contribution in [2.24, 2.45) is 11.8 Å². The minimum absolute atomic E-state index is 0.0611. The zero-order valence-corrected chi connectivity index (χ0v) is 14.1. The first-order valence-electron chi connectivity index (χ1n) is 7.62. The first kappa shape index (κ1) is 18.0. The summed E-state index contributed by atoms with van der Waals surface area (Å²) in [5.74, 6) is 0.0323. The van der Waals surface area contributed by atoms with Gasteiger partial charge in [-0.05, 0) is 31.9 Å². The third-order valence-electron chi connectivity index (χ3n) is 3.45. The van der Waals surface area contributed by atoms with Gasteiger partial charge in [0.2, 0.25) is 0 Å². The summed E-state index contributed by atoms with van der Waals surface area (Å²) in [6.07, 6.45) is 1.22. The topological polar surface area (TPSA) is 44.8 Å². The maximum absolute atomic E-state index is 12.2. The van der Waals surface area contributed by atoms with Gasteiger partial charge in [0.25, 0.3) is 5.97 Å². The Balaban J connectivity index is 2.85. The minimum Gasteiger partial charge on any atom is -0.328 e. The molecule has 0 aromatic heterocycles. The second-order valence-electron chi connectivity index (χ2n) is 5.27. The Morgan fingerprint density at radius 2 is 1.90 bits per heavy atom. The molecule has 0 unspecified atom stereocenters. The lowest BCUT2D eigenvalue weighted by Crippen LogP contribution is -2.52. The molecular formula is C15H28O4S. The Bertz CT molecular complexity index is 300. The lowest BCUT2D eigenvalue weighted by molar-refractivity contribution is -0.413. The van der Waals surface area contributed by atoms with Gasteiger partial charge in [-0.1, -0.05) is 32.5 Å². The Labute approximate surface area is 126 Å². The van der Waals surface area contributed by atoms with Crippen molar-refractivity contribution in [1.82, 2.24) is 0 Å². The molecule has 20 heavy (non-hydrogen) atoms. The van der Waals surface area contributed by atoms with Crippen LogP contribution in [0.2, 0.25) is 0 Å². The van der Waals surface area contributed by atoms with Gasteiger partial charge in [0.1, 0.15) is 0 Å². The molecule has 0 aliphatic carbocycles. The first-order chi connectivity index (χ1) is 9.49. The minimum atomic E-state index is -0.966. The summed E-state index contributed by atoms with van der Waals surface area (Å²) in [6, 6.07) is 0. The fraction of sp³-hybridized carbons (Fsp3) is 0.933. The van der Waals surface area contributed by atoms with E-state index in [1.165, 1.54) is 11.8 Å². The predicted octanol–water partition coefficient (Wildman–Crippen LogP) is 3.44. The van der Waals surface area contributed by atoms with E-state index in [1.54, 1.807) is 0 Å². The molecule has 4 nitrogen and oxygen atoms in total. The van der Waals surface area contributed by atoms with Crippen LogP contribution in [0.5, 0.6) is 0 Å². The van der Waals surface area contributed by atoms with Crippen LogP contribution in [0.1, 0.15) is 47.5 Å². The van der Waals surface area contributed by atoms with Crippen molar-refractivity contribution in [2.75, 3.05) is 19.0 Å². The van der Waals surface area contributed by atoms with E-state index >= 15 is 0 Å². The largest absolute Gasteiger partial charge is 0.328 e. The van der Waals surface area contributed by atoms with E-state index in [1.807, 2.05) is 20.8 Å². The monoisotopic (exact) mass is 304 g/mol. The number of thioether (sulfide) groups is 1. The zero-order valence-electron chi connectivity index (χ0n) is 13.3. The van der Waals surface area contributed by atoms with Crippen LogP contribution in [0.3, 0.4) is 0 Å². The molecule has 0 spiro atoms. The molecule has 0 amide bonds. The first-order valence-corrected chi connectivity index (χ1v) is 8.60. The van der Waals surface area contributed by atoms with Crippen molar-refractivity contribution < 1.29 is 19.0 Å². The summed E-state index contributed by atoms with van der Waals surface area (Å²) in [7, 11) is 0. The third-order valence-corrected chi connectivity index (χ3v) is 4.32. The summed E-state index contributed by atoms with van der Waals surface area (Å²) in [6.45, 7) is 11.1. The van der Waals surface area contributed by atoms with Crippen LogP contribution in [0.25, 0.3) is 0 Å². The maximum Gasteiger partial charge on any atom is 0.283 e. The quantitative estimate of drug-likeness (QED) is 0.674. The lowest BCUT2D eigenvalue weighted by Gasteiger charge is -2.44. The highest BCUT2D eigenvalue weighted by molar-refractivity contribution is 8.13. The van der Waals surface area contributed by atoms with E-state index in [0.717, 1.165) is 12.2 Å². The van der Waals surface area contributed by atoms with Gasteiger partial charge in [0.15, 0.2) is 5.12 Å². The molecule has 2 atom stereocenters. The van der Waals surface area contributed by atoms with E-state index in [2.05, 4.69) is 13.8 Å². The molecule has 0 N–H and O–H groups in total. The Hall–Kier alpha value is -0.100. The molecule has 118 valence electrons. The van der Waals surface area contributed by atoms with Crippen molar-refractivity contribution in [3.05, 3.63) is 0 Å². The van der Waals surface area contributed by atoms with E-state index < -0.39 is 5.97 Å². The van der Waals surface area contributed by atoms with E-state index in [9.17, 15) is 4.79 Å². The second kappa shape index (κ2) is 8.37. The molecule has 5 heteroatoms. The summed E-state index contributed by atoms with van der Waals surface area (Å²) >= 11 is 1.39. The van der Waals surface area contributed by atoms with E-state index in [0.29, 0.717) is 19.6 Å². The normalized spacial score (nSPS) is 25.9. The van der Waals surface area contributed by atoms with Crippen molar-refractivity contribution in [3.8, 4) is 0 Å². The second-order valence-corrected chi connectivity index (χ2v) is 6.54. The average Bonchev–Trinajstić information content (AvgIpc) is 2.39. The molecule has 1 fully saturated rings. The maximum atomic E-state index is 12.2. The number of rotatable bonds is 7. The van der Waals surface area contributed by atoms with Crippen molar-refractivity contribution in [1.29, 1.82) is 0 Å². The van der Waals surface area contributed by atoms with Crippen LogP contribution in [-0.4, -0.2) is 36.2 Å². The Kier molecular flexibility index (Phi) is 7.51. The molecule has 0 aromatic rings. The van der Waals surface area contributed by atoms with Gasteiger partial charge < -0.3 is 14.2 Å². The highest BCUT2D eigenvalue weighted by atomic mass is 32.2. The fourth-order valence-electron chi connectivity index (χ4n) is 2.64. The molecule has 1 rings (SSSR count). The van der Waals surface area contributed by atoms with Crippen LogP contribution >= 0.6 is 11.8 Å². The number of hydrogen-bond donors (Lipinski definition) is 0. The molecule has 1 heterocycles. The molecule has 1 aliphatic rings. The van der Waals surface area contributed by atoms with Gasteiger partial charge in [-0.15, -0.1) is 0 Å². The Morgan fingerprint density at radius 3 is 2.35 bits per heavy atom. The molecule has 0 saturated carbocycles. The van der Waals surface area contributed by atoms with Gasteiger partial charge in [0, 0.05) is 19.6 Å². The van der Waals surface area contributed by atoms with Crippen LogP contribution in [0.4, 0.5) is 0 Å². The standard InChI is InChI=1S/C15H28O4S/c1-6-17-15(18-7-2)10-9-12(14(16)20-8-3)13(19-15)11(4)5/h11-13H,6-10H2,1-5H3/t12-,13-/m0/s1. The van der Waals surface area contributed by atoms with Crippen molar-refractivity contribution >= 4 is 16.9 Å². The third kappa shape index (κ3) is 4.45. The van der Waals surface area contributed by atoms with Gasteiger partial charge in [-0.25, -0.2) is 0 Å². The van der Waals surface area contributed by atoms with Gasteiger partial charge in [-0.3, -0.25) is 4.79 Å². The molecule has 0 bridgehead atoms. The predicted molar refractivity (Wildman–Crippen MR) is 81.6 cm³/mol. The van der Waals surface area contributed by atoms with Crippen molar-refractivity contribution in [2.45, 2.75) is 59.5 Å². The molecule has 0 aromatic carbocycles. The Morgan fingerprint density at radius 1 is 1.30 bits per heavy atom. The SMILES string of the molecule is CCOC1(OCC)CC[C@H](C(=O)SCC)[C@H](C(C)C)O1. The van der Waals surface area contributed by atoms with Crippen LogP contribution in [0, 0.1) is 11.8 Å². The number of ether oxygens (including phenoxy) is 3. The highest BCUT2D eigenvalue weighted by Gasteiger charge is 2.46. The highest BCUT2D eigenvalue weighted by Crippen LogP contribution is 2.39. The van der Waals surface area contributed by atoms with Crippen molar-refractivity contribution in [3.63, 3.8) is 0 Å². The summed E-state index contributed by atoms with van der Waals surface area (Å²) in [5, 5.41) is 0.229. The molecular weight excluding hydrogens is 276 g/mol. The lowest BCUT2D eigenvalue weighted by atomic mass is 9.87. The van der Waals surface area contributed by atoms with Gasteiger partial charge in [0.05, 0.1) is 12.0 Å².